The molecule has 3 nitrogen and oxygen atoms in total. The van der Waals surface area contributed by atoms with Crippen LogP contribution < -0.4 is 5.32 Å². The highest BCUT2D eigenvalue weighted by atomic mass is 16.4. The van der Waals surface area contributed by atoms with Gasteiger partial charge in [-0.1, -0.05) is 12.2 Å². The molecule has 0 atom stereocenters. The molecule has 0 bridgehead atoms. The van der Waals surface area contributed by atoms with Crippen LogP contribution in [0.15, 0.2) is 12.2 Å². The average Bonchev–Trinajstić information content (AvgIpc) is 1.79. The van der Waals surface area contributed by atoms with Gasteiger partial charge in [0.25, 0.3) is 0 Å². The van der Waals surface area contributed by atoms with Gasteiger partial charge in [0.15, 0.2) is 0 Å². The van der Waals surface area contributed by atoms with Crippen LogP contribution >= 0.6 is 0 Å². The zero-order valence-electron chi connectivity index (χ0n) is 6.18. The highest BCUT2D eigenvalue weighted by Crippen LogP contribution is 1.82. The van der Waals surface area contributed by atoms with E-state index in [1.165, 1.54) is 0 Å². The van der Waals surface area contributed by atoms with Crippen molar-refractivity contribution in [2.75, 3.05) is 13.1 Å². The van der Waals surface area contributed by atoms with Crippen LogP contribution in [0.25, 0.3) is 0 Å². The molecule has 0 amide bonds. The Morgan fingerprint density at radius 2 is 2.30 bits per heavy atom. The molecular weight excluding hydrogens is 130 g/mol. The highest BCUT2D eigenvalue weighted by molar-refractivity contribution is 5.66. The second kappa shape index (κ2) is 4.99. The molecule has 0 radical (unpaired) electrons. The molecule has 10 heavy (non-hydrogen) atoms. The van der Waals surface area contributed by atoms with Crippen molar-refractivity contribution in [3.05, 3.63) is 12.2 Å². The van der Waals surface area contributed by atoms with E-state index in [0.717, 1.165) is 5.57 Å². The lowest BCUT2D eigenvalue weighted by Gasteiger charge is -1.99. The molecule has 0 aliphatic carbocycles. The second-order valence-corrected chi connectivity index (χ2v) is 2.28. The van der Waals surface area contributed by atoms with Crippen molar-refractivity contribution in [1.82, 2.24) is 5.32 Å². The molecule has 0 fully saturated rings. The van der Waals surface area contributed by atoms with Gasteiger partial charge in [-0.05, 0) is 6.92 Å². The summed E-state index contributed by atoms with van der Waals surface area (Å²) in [6, 6.07) is 0. The largest absolute Gasteiger partial charge is 0.481 e. The smallest absolute Gasteiger partial charge is 0.304 e. The van der Waals surface area contributed by atoms with Crippen molar-refractivity contribution in [2.24, 2.45) is 0 Å². The third kappa shape index (κ3) is 7.17. The lowest BCUT2D eigenvalue weighted by atomic mass is 10.3. The number of carbonyl (C=O) groups is 1. The van der Waals surface area contributed by atoms with E-state index in [9.17, 15) is 4.79 Å². The van der Waals surface area contributed by atoms with Gasteiger partial charge in [-0.25, -0.2) is 0 Å². The first-order valence-electron chi connectivity index (χ1n) is 3.20. The number of carboxylic acid groups (broad SMARTS) is 1. The molecule has 0 aromatic carbocycles. The zero-order valence-corrected chi connectivity index (χ0v) is 6.18. The van der Waals surface area contributed by atoms with Gasteiger partial charge in [0.05, 0.1) is 6.42 Å². The maximum absolute atomic E-state index is 9.98. The number of rotatable bonds is 5. The van der Waals surface area contributed by atoms with Gasteiger partial charge < -0.3 is 10.4 Å². The Balaban J connectivity index is 3.06. The monoisotopic (exact) mass is 143 g/mol. The Hall–Kier alpha value is -0.830. The van der Waals surface area contributed by atoms with Gasteiger partial charge in [-0.15, -0.1) is 0 Å². The van der Waals surface area contributed by atoms with Crippen LogP contribution in [0.2, 0.25) is 0 Å². The van der Waals surface area contributed by atoms with E-state index in [2.05, 4.69) is 11.9 Å². The molecule has 3 heteroatoms. The molecule has 0 heterocycles. The summed E-state index contributed by atoms with van der Waals surface area (Å²) in [5.74, 6) is -0.769. The third-order valence-electron chi connectivity index (χ3n) is 0.942. The summed E-state index contributed by atoms with van der Waals surface area (Å²) in [4.78, 5) is 9.98. The highest BCUT2D eigenvalue weighted by Gasteiger charge is 1.93. The first-order chi connectivity index (χ1) is 4.63. The van der Waals surface area contributed by atoms with Crippen LogP contribution in [0, 0.1) is 0 Å². The molecule has 0 aliphatic heterocycles. The third-order valence-corrected chi connectivity index (χ3v) is 0.942. The number of aliphatic carboxylic acids is 1. The summed E-state index contributed by atoms with van der Waals surface area (Å²) in [6.07, 6.45) is 0.174. The molecule has 0 unspecified atom stereocenters. The molecule has 0 aliphatic rings. The lowest BCUT2D eigenvalue weighted by molar-refractivity contribution is -0.136. The maximum atomic E-state index is 9.98. The molecular formula is C7H13NO2. The minimum atomic E-state index is -0.769. The van der Waals surface area contributed by atoms with Gasteiger partial charge >= 0.3 is 5.97 Å². The Labute approximate surface area is 60.7 Å². The quantitative estimate of drug-likeness (QED) is 0.438. The fourth-order valence-electron chi connectivity index (χ4n) is 0.497. The summed E-state index contributed by atoms with van der Waals surface area (Å²) >= 11 is 0. The first-order valence-corrected chi connectivity index (χ1v) is 3.20. The summed E-state index contributed by atoms with van der Waals surface area (Å²) in [6.45, 7) is 6.78. The Bertz CT molecular complexity index is 116. The normalized spacial score (nSPS) is 9.30. The zero-order chi connectivity index (χ0) is 7.98. The molecule has 0 aromatic heterocycles. The number of hydrogen-bond acceptors (Lipinski definition) is 2. The SMILES string of the molecule is C=C(C)CNCCC(=O)O. The van der Waals surface area contributed by atoms with E-state index in [1.54, 1.807) is 0 Å². The van der Waals surface area contributed by atoms with Crippen molar-refractivity contribution in [3.8, 4) is 0 Å². The van der Waals surface area contributed by atoms with Crippen LogP contribution in [0.3, 0.4) is 0 Å². The Morgan fingerprint density at radius 1 is 1.70 bits per heavy atom. The number of carboxylic acids is 1. The van der Waals surface area contributed by atoms with E-state index >= 15 is 0 Å². The Morgan fingerprint density at radius 3 is 2.70 bits per heavy atom. The van der Waals surface area contributed by atoms with E-state index in [1.807, 2.05) is 6.92 Å². The van der Waals surface area contributed by atoms with Gasteiger partial charge in [0, 0.05) is 13.1 Å². The fourth-order valence-corrected chi connectivity index (χ4v) is 0.497. The van der Waals surface area contributed by atoms with Crippen LogP contribution in [0.1, 0.15) is 13.3 Å². The summed E-state index contributed by atoms with van der Waals surface area (Å²) in [5, 5.41) is 11.2. The molecule has 0 aromatic rings. The standard InChI is InChI=1S/C7H13NO2/c1-6(2)5-8-4-3-7(9)10/h8H,1,3-5H2,2H3,(H,9,10). The Kier molecular flexibility index (Phi) is 4.58. The predicted molar refractivity (Wildman–Crippen MR) is 39.9 cm³/mol. The first kappa shape index (κ1) is 9.17. The predicted octanol–water partition coefficient (Wildman–Crippen LogP) is 0.627. The topological polar surface area (TPSA) is 49.3 Å². The maximum Gasteiger partial charge on any atom is 0.304 e. The van der Waals surface area contributed by atoms with Gasteiger partial charge in [-0.2, -0.15) is 0 Å². The molecule has 58 valence electrons. The molecule has 0 saturated carbocycles. The molecule has 0 rings (SSSR count). The summed E-state index contributed by atoms with van der Waals surface area (Å²) in [7, 11) is 0. The second-order valence-electron chi connectivity index (χ2n) is 2.28. The van der Waals surface area contributed by atoms with Gasteiger partial charge in [0.1, 0.15) is 0 Å². The summed E-state index contributed by atoms with van der Waals surface area (Å²) < 4.78 is 0. The molecule has 0 saturated heterocycles. The average molecular weight is 143 g/mol. The van der Waals surface area contributed by atoms with E-state index in [0.29, 0.717) is 13.1 Å². The van der Waals surface area contributed by atoms with Gasteiger partial charge in [0.2, 0.25) is 0 Å². The van der Waals surface area contributed by atoms with Crippen molar-refractivity contribution in [3.63, 3.8) is 0 Å². The van der Waals surface area contributed by atoms with Crippen LogP contribution in [-0.4, -0.2) is 24.2 Å². The lowest BCUT2D eigenvalue weighted by Crippen LogP contribution is -2.19. The fraction of sp³-hybridized carbons (Fsp3) is 0.571. The summed E-state index contributed by atoms with van der Waals surface area (Å²) in [5.41, 5.74) is 1.02. The van der Waals surface area contributed by atoms with Crippen LogP contribution in [-0.2, 0) is 4.79 Å². The van der Waals surface area contributed by atoms with E-state index in [4.69, 9.17) is 5.11 Å². The van der Waals surface area contributed by atoms with Crippen molar-refractivity contribution >= 4 is 5.97 Å². The van der Waals surface area contributed by atoms with Crippen molar-refractivity contribution < 1.29 is 9.90 Å². The minimum Gasteiger partial charge on any atom is -0.481 e. The molecule has 2 N–H and O–H groups in total. The van der Waals surface area contributed by atoms with Crippen LogP contribution in [0.4, 0.5) is 0 Å². The van der Waals surface area contributed by atoms with Crippen molar-refractivity contribution in [1.29, 1.82) is 0 Å². The number of hydrogen-bond donors (Lipinski definition) is 2. The molecule has 0 spiro atoms. The van der Waals surface area contributed by atoms with Gasteiger partial charge in [-0.3, -0.25) is 4.79 Å². The van der Waals surface area contributed by atoms with Crippen molar-refractivity contribution in [2.45, 2.75) is 13.3 Å². The minimum absolute atomic E-state index is 0.174. The number of nitrogens with one attached hydrogen (secondary N) is 1. The van der Waals surface area contributed by atoms with Crippen LogP contribution in [0.5, 0.6) is 0 Å². The van der Waals surface area contributed by atoms with E-state index < -0.39 is 5.97 Å². The van der Waals surface area contributed by atoms with E-state index in [-0.39, 0.29) is 6.42 Å².